The molecule has 1 N–H and O–H groups in total. The standard InChI is InChI=1S/C9H15NO3/c1-7(4-5-9(12)13)10-6-2-3-8(10)11/h7H,2-6H2,1H3,(H,12,13). The molecule has 1 heterocycles. The number of nitrogens with zero attached hydrogens (tertiary/aromatic N) is 1. The smallest absolute Gasteiger partial charge is 0.303 e. The molecule has 1 atom stereocenters. The Hall–Kier alpha value is -1.06. The number of hydrogen-bond donors (Lipinski definition) is 1. The van der Waals surface area contributed by atoms with Crippen LogP contribution in [-0.4, -0.2) is 34.5 Å². The van der Waals surface area contributed by atoms with E-state index in [1.807, 2.05) is 6.92 Å². The zero-order valence-electron chi connectivity index (χ0n) is 7.82. The van der Waals surface area contributed by atoms with Crippen LogP contribution in [0.4, 0.5) is 0 Å². The Morgan fingerprint density at radius 3 is 2.85 bits per heavy atom. The van der Waals surface area contributed by atoms with E-state index in [0.717, 1.165) is 13.0 Å². The molecule has 0 saturated carbocycles. The van der Waals surface area contributed by atoms with E-state index in [-0.39, 0.29) is 18.4 Å². The maximum atomic E-state index is 11.2. The molecule has 1 aliphatic heterocycles. The zero-order valence-corrected chi connectivity index (χ0v) is 7.82. The predicted molar refractivity (Wildman–Crippen MR) is 47.3 cm³/mol. The summed E-state index contributed by atoms with van der Waals surface area (Å²) in [6.45, 7) is 2.70. The predicted octanol–water partition coefficient (Wildman–Crippen LogP) is 0.862. The fourth-order valence-electron chi connectivity index (χ4n) is 1.62. The molecule has 13 heavy (non-hydrogen) atoms. The van der Waals surface area contributed by atoms with Gasteiger partial charge in [-0.15, -0.1) is 0 Å². The molecule has 0 aromatic carbocycles. The molecule has 0 radical (unpaired) electrons. The van der Waals surface area contributed by atoms with Gasteiger partial charge in [-0.25, -0.2) is 0 Å². The van der Waals surface area contributed by atoms with Gasteiger partial charge in [-0.05, 0) is 19.8 Å². The van der Waals surface area contributed by atoms with Gasteiger partial charge < -0.3 is 10.0 Å². The van der Waals surface area contributed by atoms with Gasteiger partial charge in [0, 0.05) is 25.4 Å². The first-order chi connectivity index (χ1) is 6.11. The molecule has 1 unspecified atom stereocenters. The van der Waals surface area contributed by atoms with E-state index in [1.54, 1.807) is 4.90 Å². The summed E-state index contributed by atoms with van der Waals surface area (Å²) in [5.41, 5.74) is 0. The van der Waals surface area contributed by atoms with Gasteiger partial charge in [-0.3, -0.25) is 9.59 Å². The highest BCUT2D eigenvalue weighted by atomic mass is 16.4. The highest BCUT2D eigenvalue weighted by Crippen LogP contribution is 2.16. The van der Waals surface area contributed by atoms with E-state index in [4.69, 9.17) is 5.11 Å². The monoisotopic (exact) mass is 185 g/mol. The topological polar surface area (TPSA) is 57.6 Å². The summed E-state index contributed by atoms with van der Waals surface area (Å²) >= 11 is 0. The largest absolute Gasteiger partial charge is 0.481 e. The molecule has 1 rings (SSSR count). The molecule has 4 nitrogen and oxygen atoms in total. The second-order valence-corrected chi connectivity index (χ2v) is 3.47. The number of carbonyl (C=O) groups is 2. The maximum Gasteiger partial charge on any atom is 0.303 e. The summed E-state index contributed by atoms with van der Waals surface area (Å²) in [7, 11) is 0. The first kappa shape index (κ1) is 10.0. The van der Waals surface area contributed by atoms with Crippen LogP contribution in [0, 0.1) is 0 Å². The molecule has 0 aliphatic carbocycles. The van der Waals surface area contributed by atoms with Crippen molar-refractivity contribution in [2.24, 2.45) is 0 Å². The van der Waals surface area contributed by atoms with Crippen LogP contribution >= 0.6 is 0 Å². The van der Waals surface area contributed by atoms with Crippen molar-refractivity contribution in [1.29, 1.82) is 0 Å². The summed E-state index contributed by atoms with van der Waals surface area (Å²) in [6.07, 6.45) is 2.24. The Morgan fingerprint density at radius 2 is 2.38 bits per heavy atom. The highest BCUT2D eigenvalue weighted by Gasteiger charge is 2.24. The fourth-order valence-corrected chi connectivity index (χ4v) is 1.62. The van der Waals surface area contributed by atoms with Crippen molar-refractivity contribution in [3.8, 4) is 0 Å². The summed E-state index contributed by atoms with van der Waals surface area (Å²) in [4.78, 5) is 23.3. The SMILES string of the molecule is CC(CCC(=O)O)N1CCCC1=O. The van der Waals surface area contributed by atoms with Crippen LogP contribution < -0.4 is 0 Å². The molecule has 0 spiro atoms. The Morgan fingerprint density at radius 1 is 1.69 bits per heavy atom. The number of aliphatic carboxylic acids is 1. The summed E-state index contributed by atoms with van der Waals surface area (Å²) in [5, 5.41) is 8.47. The Labute approximate surface area is 77.5 Å². The van der Waals surface area contributed by atoms with Gasteiger partial charge in [-0.1, -0.05) is 0 Å². The number of likely N-dealkylation sites (tertiary alicyclic amines) is 1. The van der Waals surface area contributed by atoms with Crippen LogP contribution in [0.25, 0.3) is 0 Å². The lowest BCUT2D eigenvalue weighted by Gasteiger charge is -2.23. The number of hydrogen-bond acceptors (Lipinski definition) is 2. The van der Waals surface area contributed by atoms with E-state index < -0.39 is 5.97 Å². The van der Waals surface area contributed by atoms with E-state index in [0.29, 0.717) is 12.8 Å². The van der Waals surface area contributed by atoms with Crippen molar-refractivity contribution in [1.82, 2.24) is 4.90 Å². The molecule has 0 aromatic rings. The Balaban J connectivity index is 2.34. The summed E-state index contributed by atoms with van der Waals surface area (Å²) in [5.74, 6) is -0.628. The normalized spacial score (nSPS) is 19.2. The minimum atomic E-state index is -0.793. The van der Waals surface area contributed by atoms with Gasteiger partial charge in [0.05, 0.1) is 0 Å². The van der Waals surface area contributed by atoms with Gasteiger partial charge in [-0.2, -0.15) is 0 Å². The van der Waals surface area contributed by atoms with Crippen LogP contribution in [0.3, 0.4) is 0 Å². The van der Waals surface area contributed by atoms with Crippen molar-refractivity contribution in [3.05, 3.63) is 0 Å². The molecule has 74 valence electrons. The zero-order chi connectivity index (χ0) is 9.84. The number of carboxylic acids is 1. The molecule has 4 heteroatoms. The van der Waals surface area contributed by atoms with E-state index in [9.17, 15) is 9.59 Å². The van der Waals surface area contributed by atoms with Crippen molar-refractivity contribution in [3.63, 3.8) is 0 Å². The molecule has 1 aliphatic rings. The van der Waals surface area contributed by atoms with Crippen LogP contribution in [0.2, 0.25) is 0 Å². The van der Waals surface area contributed by atoms with Gasteiger partial charge >= 0.3 is 5.97 Å². The molecule has 1 fully saturated rings. The van der Waals surface area contributed by atoms with Crippen molar-refractivity contribution < 1.29 is 14.7 Å². The fraction of sp³-hybridized carbons (Fsp3) is 0.778. The highest BCUT2D eigenvalue weighted by molar-refractivity contribution is 5.78. The quantitative estimate of drug-likeness (QED) is 0.706. The average Bonchev–Trinajstić information content (AvgIpc) is 2.47. The van der Waals surface area contributed by atoms with Crippen molar-refractivity contribution >= 4 is 11.9 Å². The lowest BCUT2D eigenvalue weighted by atomic mass is 10.1. The third-order valence-corrected chi connectivity index (χ3v) is 2.42. The number of amides is 1. The van der Waals surface area contributed by atoms with Crippen LogP contribution in [0.5, 0.6) is 0 Å². The van der Waals surface area contributed by atoms with Gasteiger partial charge in [0.25, 0.3) is 0 Å². The second kappa shape index (κ2) is 4.25. The van der Waals surface area contributed by atoms with E-state index >= 15 is 0 Å². The number of rotatable bonds is 4. The van der Waals surface area contributed by atoms with E-state index in [1.165, 1.54) is 0 Å². The molecule has 1 amide bonds. The van der Waals surface area contributed by atoms with Gasteiger partial charge in [0.1, 0.15) is 0 Å². The third kappa shape index (κ3) is 2.72. The number of carboxylic acid groups (broad SMARTS) is 1. The molecule has 1 saturated heterocycles. The van der Waals surface area contributed by atoms with Crippen molar-refractivity contribution in [2.75, 3.05) is 6.54 Å². The lowest BCUT2D eigenvalue weighted by Crippen LogP contribution is -2.34. The lowest BCUT2D eigenvalue weighted by molar-refractivity contribution is -0.138. The van der Waals surface area contributed by atoms with Crippen LogP contribution in [-0.2, 0) is 9.59 Å². The third-order valence-electron chi connectivity index (χ3n) is 2.42. The molecule has 0 aromatic heterocycles. The Bertz CT molecular complexity index is 215. The maximum absolute atomic E-state index is 11.2. The van der Waals surface area contributed by atoms with Crippen molar-refractivity contribution in [2.45, 2.75) is 38.6 Å². The first-order valence-corrected chi connectivity index (χ1v) is 4.62. The average molecular weight is 185 g/mol. The molecular weight excluding hydrogens is 170 g/mol. The summed E-state index contributed by atoms with van der Waals surface area (Å²) < 4.78 is 0. The minimum absolute atomic E-state index is 0.0751. The second-order valence-electron chi connectivity index (χ2n) is 3.47. The van der Waals surface area contributed by atoms with E-state index in [2.05, 4.69) is 0 Å². The number of carbonyl (C=O) groups excluding carboxylic acids is 1. The van der Waals surface area contributed by atoms with Gasteiger partial charge in [0.2, 0.25) is 5.91 Å². The van der Waals surface area contributed by atoms with Crippen LogP contribution in [0.1, 0.15) is 32.6 Å². The van der Waals surface area contributed by atoms with Gasteiger partial charge in [0.15, 0.2) is 0 Å². The van der Waals surface area contributed by atoms with Crippen LogP contribution in [0.15, 0.2) is 0 Å². The summed E-state index contributed by atoms with van der Waals surface area (Å²) in [6, 6.07) is 0.0751. The molecular formula is C9H15NO3. The molecule has 0 bridgehead atoms. The first-order valence-electron chi connectivity index (χ1n) is 4.62. The minimum Gasteiger partial charge on any atom is -0.481 e. The Kier molecular flexibility index (Phi) is 3.28.